The number of rotatable bonds is 7. The third-order valence-electron chi connectivity index (χ3n) is 3.09. The second-order valence-corrected chi connectivity index (χ2v) is 8.28. The van der Waals surface area contributed by atoms with Crippen molar-refractivity contribution in [1.29, 1.82) is 0 Å². The maximum absolute atomic E-state index is 12.6. The molecule has 0 aliphatic heterocycles. The van der Waals surface area contributed by atoms with Gasteiger partial charge in [-0.15, -0.1) is 11.3 Å². The number of benzene rings is 1. The Hall–Kier alpha value is -1.67. The molecular formula is C16H16ClNO4S2. The molecule has 0 aliphatic rings. The molecule has 0 atom stereocenters. The molecule has 2 rings (SSSR count). The molecule has 0 aliphatic carbocycles. The van der Waals surface area contributed by atoms with Gasteiger partial charge in [0.2, 0.25) is 0 Å². The number of sulfonamides is 1. The number of carbonyl (C=O) groups excluding carboxylic acids is 1. The fourth-order valence-corrected chi connectivity index (χ4v) is 4.54. The number of aliphatic hydroxyl groups is 1. The number of thiophene rings is 1. The SMILES string of the molecule is O=C(/C=C/c1ccc(Cl)cc1)N(CCCO)S(=O)(=O)c1cccs1. The van der Waals surface area contributed by atoms with E-state index in [4.69, 9.17) is 16.7 Å². The van der Waals surface area contributed by atoms with Gasteiger partial charge in [-0.3, -0.25) is 4.79 Å². The van der Waals surface area contributed by atoms with Gasteiger partial charge in [0.25, 0.3) is 15.9 Å². The molecule has 2 aromatic rings. The molecule has 0 fully saturated rings. The maximum atomic E-state index is 12.6. The van der Waals surface area contributed by atoms with E-state index >= 15 is 0 Å². The van der Waals surface area contributed by atoms with Gasteiger partial charge < -0.3 is 5.11 Å². The number of halogens is 1. The summed E-state index contributed by atoms with van der Waals surface area (Å²) in [7, 11) is -3.92. The lowest BCUT2D eigenvalue weighted by Crippen LogP contribution is -2.36. The summed E-state index contributed by atoms with van der Waals surface area (Å²) in [4.78, 5) is 12.4. The van der Waals surface area contributed by atoms with Crippen LogP contribution < -0.4 is 0 Å². The lowest BCUT2D eigenvalue weighted by atomic mass is 10.2. The van der Waals surface area contributed by atoms with Gasteiger partial charge in [0.15, 0.2) is 0 Å². The van der Waals surface area contributed by atoms with Crippen molar-refractivity contribution in [2.24, 2.45) is 0 Å². The first-order valence-corrected chi connectivity index (χ1v) is 9.79. The van der Waals surface area contributed by atoms with E-state index in [0.29, 0.717) is 5.02 Å². The molecule has 5 nitrogen and oxygen atoms in total. The molecule has 0 saturated carbocycles. The molecule has 0 saturated heterocycles. The fourth-order valence-electron chi connectivity index (χ4n) is 1.91. The van der Waals surface area contributed by atoms with Crippen LogP contribution in [0.25, 0.3) is 6.08 Å². The zero-order valence-corrected chi connectivity index (χ0v) is 15.0. The molecular weight excluding hydrogens is 370 g/mol. The summed E-state index contributed by atoms with van der Waals surface area (Å²) < 4.78 is 26.0. The highest BCUT2D eigenvalue weighted by molar-refractivity contribution is 7.91. The molecule has 1 N–H and O–H groups in total. The summed E-state index contributed by atoms with van der Waals surface area (Å²) in [6.07, 6.45) is 2.89. The molecule has 0 spiro atoms. The van der Waals surface area contributed by atoms with E-state index < -0.39 is 15.9 Å². The van der Waals surface area contributed by atoms with Gasteiger partial charge in [0, 0.05) is 24.3 Å². The zero-order chi connectivity index (χ0) is 17.6. The summed E-state index contributed by atoms with van der Waals surface area (Å²) in [5, 5.41) is 11.2. The number of amides is 1. The average molecular weight is 386 g/mol. The van der Waals surface area contributed by atoms with Gasteiger partial charge in [0.05, 0.1) is 0 Å². The van der Waals surface area contributed by atoms with E-state index in [2.05, 4.69) is 0 Å². The fraction of sp³-hybridized carbons (Fsp3) is 0.188. The van der Waals surface area contributed by atoms with Crippen LogP contribution in [0.1, 0.15) is 12.0 Å². The van der Waals surface area contributed by atoms with E-state index in [1.54, 1.807) is 35.7 Å². The third-order valence-corrected chi connectivity index (χ3v) is 6.51. The van der Waals surface area contributed by atoms with Crippen molar-refractivity contribution in [1.82, 2.24) is 4.31 Å². The van der Waals surface area contributed by atoms with Crippen LogP contribution in [0.2, 0.25) is 5.02 Å². The Balaban J connectivity index is 2.24. The molecule has 1 aromatic heterocycles. The van der Waals surface area contributed by atoms with E-state index in [1.807, 2.05) is 0 Å². The number of aliphatic hydroxyl groups excluding tert-OH is 1. The first-order valence-electron chi connectivity index (χ1n) is 7.10. The van der Waals surface area contributed by atoms with Crippen molar-refractivity contribution in [2.75, 3.05) is 13.2 Å². The lowest BCUT2D eigenvalue weighted by molar-refractivity contribution is -0.121. The first kappa shape index (κ1) is 18.7. The van der Waals surface area contributed by atoms with Crippen molar-refractivity contribution in [3.63, 3.8) is 0 Å². The third kappa shape index (κ3) is 4.67. The molecule has 1 heterocycles. The van der Waals surface area contributed by atoms with Gasteiger partial charge in [0.1, 0.15) is 4.21 Å². The van der Waals surface area contributed by atoms with Crippen LogP contribution in [0.3, 0.4) is 0 Å². The Bertz CT molecular complexity index is 799. The van der Waals surface area contributed by atoms with Gasteiger partial charge in [-0.1, -0.05) is 29.8 Å². The zero-order valence-electron chi connectivity index (χ0n) is 12.6. The number of carbonyl (C=O) groups is 1. The molecule has 1 amide bonds. The summed E-state index contributed by atoms with van der Waals surface area (Å²) in [6.45, 7) is -0.287. The Labute approximate surface area is 149 Å². The topological polar surface area (TPSA) is 74.7 Å². The summed E-state index contributed by atoms with van der Waals surface area (Å²) in [5.74, 6) is -0.660. The lowest BCUT2D eigenvalue weighted by Gasteiger charge is -2.19. The van der Waals surface area contributed by atoms with Crippen LogP contribution in [-0.4, -0.2) is 36.9 Å². The second kappa shape index (κ2) is 8.43. The van der Waals surface area contributed by atoms with Crippen LogP contribution in [0.4, 0.5) is 0 Å². The van der Waals surface area contributed by atoms with Gasteiger partial charge in [-0.05, 0) is 41.6 Å². The molecule has 8 heteroatoms. The Morgan fingerprint density at radius 2 is 1.96 bits per heavy atom. The predicted molar refractivity (Wildman–Crippen MR) is 95.4 cm³/mol. The van der Waals surface area contributed by atoms with E-state index in [9.17, 15) is 13.2 Å². The quantitative estimate of drug-likeness (QED) is 0.743. The smallest absolute Gasteiger partial charge is 0.276 e. The number of hydrogen-bond donors (Lipinski definition) is 1. The highest BCUT2D eigenvalue weighted by atomic mass is 35.5. The summed E-state index contributed by atoms with van der Waals surface area (Å²) >= 11 is 6.84. The van der Waals surface area contributed by atoms with E-state index in [0.717, 1.165) is 21.2 Å². The number of hydrogen-bond acceptors (Lipinski definition) is 5. The van der Waals surface area contributed by atoms with Crippen molar-refractivity contribution in [3.05, 3.63) is 58.4 Å². The molecule has 0 unspecified atom stereocenters. The Morgan fingerprint density at radius 3 is 2.54 bits per heavy atom. The standard InChI is InChI=1S/C16H16ClNO4S2/c17-14-7-4-13(5-8-14)6-9-15(20)18(10-2-11-19)24(21,22)16-3-1-12-23-16/h1,3-9,12,19H,2,10-11H2/b9-6+. The van der Waals surface area contributed by atoms with Gasteiger partial charge in [-0.2, -0.15) is 0 Å². The van der Waals surface area contributed by atoms with E-state index in [-0.39, 0.29) is 23.8 Å². The Morgan fingerprint density at radius 1 is 1.25 bits per heavy atom. The molecule has 128 valence electrons. The summed E-state index contributed by atoms with van der Waals surface area (Å²) in [5.41, 5.74) is 0.725. The molecule has 24 heavy (non-hydrogen) atoms. The van der Waals surface area contributed by atoms with Crippen molar-refractivity contribution >= 4 is 44.9 Å². The monoisotopic (exact) mass is 385 g/mol. The first-order chi connectivity index (χ1) is 11.4. The molecule has 1 aromatic carbocycles. The van der Waals surface area contributed by atoms with Crippen LogP contribution in [0.15, 0.2) is 52.1 Å². The average Bonchev–Trinajstić information content (AvgIpc) is 3.10. The van der Waals surface area contributed by atoms with Crippen LogP contribution in [0, 0.1) is 0 Å². The molecule has 0 radical (unpaired) electrons. The van der Waals surface area contributed by atoms with Gasteiger partial charge in [-0.25, -0.2) is 12.7 Å². The highest BCUT2D eigenvalue weighted by Gasteiger charge is 2.28. The van der Waals surface area contributed by atoms with Gasteiger partial charge >= 0.3 is 0 Å². The minimum atomic E-state index is -3.92. The Kier molecular flexibility index (Phi) is 6.56. The van der Waals surface area contributed by atoms with E-state index in [1.165, 1.54) is 18.2 Å². The van der Waals surface area contributed by atoms with Crippen molar-refractivity contribution in [2.45, 2.75) is 10.6 Å². The molecule has 0 bridgehead atoms. The van der Waals surface area contributed by atoms with Crippen molar-refractivity contribution < 1.29 is 18.3 Å². The minimum absolute atomic E-state index is 0.0828. The highest BCUT2D eigenvalue weighted by Crippen LogP contribution is 2.22. The number of nitrogens with zero attached hydrogens (tertiary/aromatic N) is 1. The maximum Gasteiger partial charge on any atom is 0.276 e. The summed E-state index contributed by atoms with van der Waals surface area (Å²) in [6, 6.07) is 9.85. The van der Waals surface area contributed by atoms with Crippen molar-refractivity contribution in [3.8, 4) is 0 Å². The predicted octanol–water partition coefficient (Wildman–Crippen LogP) is 3.01. The van der Waals surface area contributed by atoms with Crippen LogP contribution in [-0.2, 0) is 14.8 Å². The second-order valence-electron chi connectivity index (χ2n) is 4.81. The van der Waals surface area contributed by atoms with Crippen LogP contribution >= 0.6 is 22.9 Å². The van der Waals surface area contributed by atoms with Crippen LogP contribution in [0.5, 0.6) is 0 Å². The largest absolute Gasteiger partial charge is 0.396 e. The normalized spacial score (nSPS) is 11.8. The minimum Gasteiger partial charge on any atom is -0.396 e.